The van der Waals surface area contributed by atoms with Crippen LogP contribution >= 0.6 is 23.2 Å². The van der Waals surface area contributed by atoms with Crippen molar-refractivity contribution in [2.24, 2.45) is 0 Å². The number of benzene rings is 3. The van der Waals surface area contributed by atoms with Gasteiger partial charge >= 0.3 is 0 Å². The molecular weight excluding hydrogens is 467 g/mol. The molecule has 4 rings (SSSR count). The summed E-state index contributed by atoms with van der Waals surface area (Å²) in [6.07, 6.45) is 1.69. The quantitative estimate of drug-likeness (QED) is 0.344. The normalized spacial score (nSPS) is 11.9. The number of aromatic amines is 1. The molecule has 1 aromatic heterocycles. The molecule has 166 valence electrons. The van der Waals surface area contributed by atoms with Crippen molar-refractivity contribution in [1.29, 1.82) is 0 Å². The highest BCUT2D eigenvalue weighted by molar-refractivity contribution is 7.90. The Morgan fingerprint density at radius 3 is 2.41 bits per heavy atom. The fourth-order valence-corrected chi connectivity index (χ4v) is 4.87. The zero-order valence-electron chi connectivity index (χ0n) is 17.8. The predicted molar refractivity (Wildman–Crippen MR) is 130 cm³/mol. The summed E-state index contributed by atoms with van der Waals surface area (Å²) in [7, 11) is -3.23. The van der Waals surface area contributed by atoms with Gasteiger partial charge in [-0.05, 0) is 43.7 Å². The molecule has 4 aromatic rings. The van der Waals surface area contributed by atoms with Gasteiger partial charge in [0, 0.05) is 23.8 Å². The van der Waals surface area contributed by atoms with Crippen molar-refractivity contribution in [1.82, 2.24) is 9.97 Å². The van der Waals surface area contributed by atoms with E-state index < -0.39 is 9.84 Å². The Bertz CT molecular complexity index is 1400. The van der Waals surface area contributed by atoms with Crippen LogP contribution in [-0.2, 0) is 16.3 Å². The number of aromatic nitrogens is 2. The molecule has 0 radical (unpaired) electrons. The number of hydrogen-bond acceptors (Lipinski definition) is 4. The van der Waals surface area contributed by atoms with E-state index >= 15 is 0 Å². The molecule has 5 nitrogen and oxygen atoms in total. The fourth-order valence-electron chi connectivity index (χ4n) is 3.54. The predicted octanol–water partition coefficient (Wildman–Crippen LogP) is 6.32. The molecule has 0 aliphatic heterocycles. The minimum Gasteiger partial charge on any atom is -0.490 e. The van der Waals surface area contributed by atoms with E-state index in [4.69, 9.17) is 32.9 Å². The van der Waals surface area contributed by atoms with Gasteiger partial charge in [0.2, 0.25) is 0 Å². The molecule has 0 atom stereocenters. The average Bonchev–Trinajstić information content (AvgIpc) is 3.11. The van der Waals surface area contributed by atoms with Gasteiger partial charge in [0.1, 0.15) is 17.1 Å². The molecule has 0 aliphatic rings. The topological polar surface area (TPSA) is 72.1 Å². The van der Waals surface area contributed by atoms with Crippen molar-refractivity contribution in [3.8, 4) is 16.9 Å². The van der Waals surface area contributed by atoms with Crippen molar-refractivity contribution in [3.05, 3.63) is 76.0 Å². The summed E-state index contributed by atoms with van der Waals surface area (Å²) in [5, 5.41) is 0.942. The summed E-state index contributed by atoms with van der Waals surface area (Å²) in [4.78, 5) is 8.24. The summed E-state index contributed by atoms with van der Waals surface area (Å²) >= 11 is 13.4. The number of nitrogens with zero attached hydrogens (tertiary/aromatic N) is 1. The van der Waals surface area contributed by atoms with Gasteiger partial charge in [-0.2, -0.15) is 0 Å². The van der Waals surface area contributed by atoms with E-state index in [9.17, 15) is 8.42 Å². The van der Waals surface area contributed by atoms with Crippen LogP contribution in [0.1, 0.15) is 25.2 Å². The van der Waals surface area contributed by atoms with Gasteiger partial charge in [-0.1, -0.05) is 53.5 Å². The van der Waals surface area contributed by atoms with Crippen LogP contribution in [0, 0.1) is 0 Å². The Kier molecular flexibility index (Phi) is 6.21. The second-order valence-electron chi connectivity index (χ2n) is 7.88. The monoisotopic (exact) mass is 488 g/mol. The van der Waals surface area contributed by atoms with E-state index in [1.54, 1.807) is 24.3 Å². The number of imidazole rings is 1. The van der Waals surface area contributed by atoms with Crippen LogP contribution in [0.5, 0.6) is 5.75 Å². The van der Waals surface area contributed by atoms with Gasteiger partial charge in [0.25, 0.3) is 0 Å². The molecule has 0 aliphatic carbocycles. The Hall–Kier alpha value is -2.54. The van der Waals surface area contributed by atoms with Crippen molar-refractivity contribution in [2.45, 2.75) is 31.3 Å². The Balaban J connectivity index is 1.73. The van der Waals surface area contributed by atoms with E-state index in [-0.39, 0.29) is 11.0 Å². The first-order valence-electron chi connectivity index (χ1n) is 10.0. The van der Waals surface area contributed by atoms with Crippen LogP contribution in [0.3, 0.4) is 0 Å². The molecule has 0 spiro atoms. The van der Waals surface area contributed by atoms with Gasteiger partial charge in [-0.25, -0.2) is 13.4 Å². The zero-order chi connectivity index (χ0) is 23.0. The highest BCUT2D eigenvalue weighted by atomic mass is 35.5. The minimum absolute atomic E-state index is 0.00324. The molecule has 32 heavy (non-hydrogen) atoms. The molecule has 0 bridgehead atoms. The summed E-state index contributed by atoms with van der Waals surface area (Å²) < 4.78 is 29.3. The number of fused-ring (bicyclic) bond motifs is 1. The van der Waals surface area contributed by atoms with Gasteiger partial charge in [0.15, 0.2) is 9.84 Å². The molecule has 3 aromatic carbocycles. The van der Waals surface area contributed by atoms with Gasteiger partial charge in [0.05, 0.1) is 26.6 Å². The Morgan fingerprint density at radius 1 is 1.06 bits per heavy atom. The van der Waals surface area contributed by atoms with Crippen LogP contribution in [0.2, 0.25) is 10.0 Å². The highest BCUT2D eigenvalue weighted by Crippen LogP contribution is 2.43. The third kappa shape index (κ3) is 4.63. The maximum Gasteiger partial charge on any atom is 0.175 e. The van der Waals surface area contributed by atoms with Crippen molar-refractivity contribution in [2.75, 3.05) is 6.26 Å². The lowest BCUT2D eigenvalue weighted by atomic mass is 10.0. The number of nitrogens with one attached hydrogen (secondary N) is 1. The summed E-state index contributed by atoms with van der Waals surface area (Å²) in [5.41, 5.74) is 3.75. The number of ether oxygens (including phenoxy) is 1. The number of hydrogen-bond donors (Lipinski definition) is 1. The molecule has 8 heteroatoms. The van der Waals surface area contributed by atoms with Crippen LogP contribution in [0.15, 0.2) is 59.5 Å². The summed E-state index contributed by atoms with van der Waals surface area (Å²) in [5.74, 6) is 1.40. The number of sulfone groups is 1. The van der Waals surface area contributed by atoms with Gasteiger partial charge in [-0.15, -0.1) is 0 Å². The number of rotatable bonds is 6. The smallest absolute Gasteiger partial charge is 0.175 e. The largest absolute Gasteiger partial charge is 0.490 e. The number of halogens is 2. The standard InChI is InChI=1S/C24H22Cl2N2O3S/c1-14(2)31-20-7-5-4-6-17(20)22-18(25)13-19-24(23(22)26)28-21(27-19)12-15-8-10-16(11-9-15)32(3,29)30/h4-11,13-14H,12H2,1-3H3,(H,27,28). The maximum absolute atomic E-state index is 11.7. The molecular formula is C24H22Cl2N2O3S. The maximum atomic E-state index is 11.7. The van der Waals surface area contributed by atoms with E-state index in [1.807, 2.05) is 44.2 Å². The van der Waals surface area contributed by atoms with Crippen LogP contribution in [0.25, 0.3) is 22.2 Å². The van der Waals surface area contributed by atoms with Crippen molar-refractivity contribution < 1.29 is 13.2 Å². The molecule has 0 saturated heterocycles. The fraction of sp³-hybridized carbons (Fsp3) is 0.208. The lowest BCUT2D eigenvalue weighted by Crippen LogP contribution is -2.06. The third-order valence-electron chi connectivity index (χ3n) is 4.96. The molecule has 1 heterocycles. The Labute approximate surface area is 197 Å². The van der Waals surface area contributed by atoms with Crippen molar-refractivity contribution >= 4 is 44.1 Å². The van der Waals surface area contributed by atoms with E-state index in [1.165, 1.54) is 6.26 Å². The second-order valence-corrected chi connectivity index (χ2v) is 10.7. The molecule has 0 unspecified atom stereocenters. The van der Waals surface area contributed by atoms with E-state index in [0.29, 0.717) is 39.1 Å². The zero-order valence-corrected chi connectivity index (χ0v) is 20.1. The first-order chi connectivity index (χ1) is 15.1. The summed E-state index contributed by atoms with van der Waals surface area (Å²) in [6.45, 7) is 3.93. The van der Waals surface area contributed by atoms with Crippen LogP contribution in [0.4, 0.5) is 0 Å². The van der Waals surface area contributed by atoms with E-state index in [0.717, 1.165) is 16.6 Å². The van der Waals surface area contributed by atoms with Crippen molar-refractivity contribution in [3.63, 3.8) is 0 Å². The Morgan fingerprint density at radius 2 is 1.75 bits per heavy atom. The molecule has 0 saturated carbocycles. The minimum atomic E-state index is -3.23. The molecule has 1 N–H and O–H groups in total. The second kappa shape index (κ2) is 8.77. The number of H-pyrrole nitrogens is 1. The SMILES string of the molecule is CC(C)Oc1ccccc1-c1c(Cl)cc2[nH]c(Cc3ccc(S(C)(=O)=O)cc3)nc2c1Cl. The highest BCUT2D eigenvalue weighted by Gasteiger charge is 2.19. The first-order valence-corrected chi connectivity index (χ1v) is 12.7. The first kappa shape index (κ1) is 22.6. The van der Waals surface area contributed by atoms with Gasteiger partial charge in [-0.3, -0.25) is 0 Å². The van der Waals surface area contributed by atoms with Crippen LogP contribution < -0.4 is 4.74 Å². The molecule has 0 amide bonds. The third-order valence-corrected chi connectivity index (χ3v) is 6.75. The van der Waals surface area contributed by atoms with E-state index in [2.05, 4.69) is 4.98 Å². The van der Waals surface area contributed by atoms with Crippen LogP contribution in [-0.4, -0.2) is 30.7 Å². The number of para-hydroxylation sites is 1. The van der Waals surface area contributed by atoms with Gasteiger partial charge < -0.3 is 9.72 Å². The average molecular weight is 489 g/mol. The molecule has 0 fully saturated rings. The lowest BCUT2D eigenvalue weighted by Gasteiger charge is -2.16. The summed E-state index contributed by atoms with van der Waals surface area (Å²) in [6, 6.07) is 16.2. The lowest BCUT2D eigenvalue weighted by molar-refractivity contribution is 0.243.